The summed E-state index contributed by atoms with van der Waals surface area (Å²) in [4.78, 5) is 16.3. The van der Waals surface area contributed by atoms with Crippen molar-refractivity contribution in [1.82, 2.24) is 10.1 Å². The number of carbonyl (C=O) groups excluding carboxylic acids is 1. The smallest absolute Gasteiger partial charge is 0.338 e. The van der Waals surface area contributed by atoms with Crippen LogP contribution in [0.5, 0.6) is 11.5 Å². The van der Waals surface area contributed by atoms with Crippen molar-refractivity contribution in [3.05, 3.63) is 59.5 Å². The van der Waals surface area contributed by atoms with Gasteiger partial charge in [0, 0.05) is 6.07 Å². The van der Waals surface area contributed by atoms with Gasteiger partial charge in [-0.3, -0.25) is 0 Å². The average molecular weight is 365 g/mol. The molecule has 0 amide bonds. The molecule has 0 bridgehead atoms. The van der Waals surface area contributed by atoms with Crippen molar-refractivity contribution in [2.24, 2.45) is 0 Å². The summed E-state index contributed by atoms with van der Waals surface area (Å²) < 4.78 is 20.8. The van der Waals surface area contributed by atoms with E-state index in [2.05, 4.69) is 10.1 Å². The molecule has 3 rings (SSSR count). The second-order valence-corrected chi connectivity index (χ2v) is 5.34. The van der Waals surface area contributed by atoms with Crippen LogP contribution in [-0.4, -0.2) is 30.3 Å². The quantitative estimate of drug-likeness (QED) is 0.614. The molecule has 0 aliphatic carbocycles. The highest BCUT2D eigenvalue weighted by Crippen LogP contribution is 2.31. The number of benzene rings is 2. The van der Waals surface area contributed by atoms with Gasteiger partial charge in [0.25, 0.3) is 5.89 Å². The van der Waals surface area contributed by atoms with E-state index in [4.69, 9.17) is 24.0 Å². The zero-order valence-corrected chi connectivity index (χ0v) is 14.6. The predicted octanol–water partition coefficient (Wildman–Crippen LogP) is 2.98. The summed E-state index contributed by atoms with van der Waals surface area (Å²) in [6.45, 7) is -0.176. The summed E-state index contributed by atoms with van der Waals surface area (Å²) in [5.74, 6) is 1.05. The summed E-state index contributed by atoms with van der Waals surface area (Å²) in [5.41, 5.74) is 1.40. The van der Waals surface area contributed by atoms with Crippen LogP contribution in [0.1, 0.15) is 21.8 Å². The summed E-state index contributed by atoms with van der Waals surface area (Å²) in [6.07, 6.45) is 0. The lowest BCUT2D eigenvalue weighted by atomic mass is 10.1. The van der Waals surface area contributed by atoms with E-state index in [1.54, 1.807) is 25.3 Å². The molecule has 0 aliphatic heterocycles. The van der Waals surface area contributed by atoms with Gasteiger partial charge in [-0.2, -0.15) is 10.2 Å². The van der Waals surface area contributed by atoms with Crippen molar-refractivity contribution >= 4 is 5.97 Å². The minimum atomic E-state index is -0.554. The first-order valence-corrected chi connectivity index (χ1v) is 7.87. The molecule has 0 spiro atoms. The fraction of sp³-hybridized carbons (Fsp3) is 0.158. The van der Waals surface area contributed by atoms with Gasteiger partial charge in [-0.1, -0.05) is 5.16 Å². The van der Waals surface area contributed by atoms with E-state index in [-0.39, 0.29) is 12.5 Å². The predicted molar refractivity (Wildman–Crippen MR) is 93.1 cm³/mol. The van der Waals surface area contributed by atoms with Gasteiger partial charge in [-0.15, -0.1) is 0 Å². The number of carbonyl (C=O) groups is 1. The van der Waals surface area contributed by atoms with Gasteiger partial charge in [0.05, 0.1) is 37.0 Å². The van der Waals surface area contributed by atoms with Crippen LogP contribution in [0, 0.1) is 11.3 Å². The molecule has 3 aromatic rings. The Morgan fingerprint density at radius 1 is 1.15 bits per heavy atom. The third kappa shape index (κ3) is 4.04. The zero-order valence-electron chi connectivity index (χ0n) is 14.6. The Labute approximate surface area is 154 Å². The van der Waals surface area contributed by atoms with Crippen LogP contribution in [-0.2, 0) is 11.3 Å². The van der Waals surface area contributed by atoms with Crippen LogP contribution in [0.25, 0.3) is 11.4 Å². The van der Waals surface area contributed by atoms with Crippen molar-refractivity contribution < 1.29 is 23.5 Å². The minimum Gasteiger partial charge on any atom is -0.497 e. The van der Waals surface area contributed by atoms with Crippen LogP contribution in [0.15, 0.2) is 47.0 Å². The van der Waals surface area contributed by atoms with Gasteiger partial charge in [0.1, 0.15) is 11.5 Å². The van der Waals surface area contributed by atoms with Gasteiger partial charge >= 0.3 is 5.97 Å². The molecule has 27 heavy (non-hydrogen) atoms. The van der Waals surface area contributed by atoms with Crippen molar-refractivity contribution in [1.29, 1.82) is 5.26 Å². The number of nitriles is 1. The van der Waals surface area contributed by atoms with E-state index >= 15 is 0 Å². The number of hydrogen-bond donors (Lipinski definition) is 0. The molecular formula is C19H15N3O5. The Hall–Kier alpha value is -3.86. The number of ether oxygens (including phenoxy) is 3. The molecule has 8 nitrogen and oxygen atoms in total. The molecule has 8 heteroatoms. The summed E-state index contributed by atoms with van der Waals surface area (Å²) >= 11 is 0. The van der Waals surface area contributed by atoms with E-state index in [1.165, 1.54) is 31.4 Å². The van der Waals surface area contributed by atoms with Gasteiger partial charge in [-0.25, -0.2) is 4.79 Å². The fourth-order valence-electron chi connectivity index (χ4n) is 2.30. The third-order valence-electron chi connectivity index (χ3n) is 3.69. The molecule has 0 unspecified atom stereocenters. The van der Waals surface area contributed by atoms with E-state index in [0.29, 0.717) is 34.0 Å². The first-order chi connectivity index (χ1) is 13.1. The third-order valence-corrected chi connectivity index (χ3v) is 3.69. The summed E-state index contributed by atoms with van der Waals surface area (Å²) in [7, 11) is 3.09. The molecule has 0 radical (unpaired) electrons. The highest BCUT2D eigenvalue weighted by atomic mass is 16.6. The van der Waals surface area contributed by atoms with Crippen molar-refractivity contribution in [2.45, 2.75) is 6.61 Å². The highest BCUT2D eigenvalue weighted by molar-refractivity contribution is 5.89. The fourth-order valence-corrected chi connectivity index (χ4v) is 2.30. The maximum absolute atomic E-state index is 12.0. The molecule has 0 aliphatic rings. The topological polar surface area (TPSA) is 107 Å². The second-order valence-electron chi connectivity index (χ2n) is 5.34. The van der Waals surface area contributed by atoms with Crippen LogP contribution in [0.4, 0.5) is 0 Å². The number of hydrogen-bond acceptors (Lipinski definition) is 8. The van der Waals surface area contributed by atoms with Crippen LogP contribution in [0.3, 0.4) is 0 Å². The lowest BCUT2D eigenvalue weighted by Gasteiger charge is -2.07. The number of aromatic nitrogens is 2. The van der Waals surface area contributed by atoms with E-state index < -0.39 is 5.97 Å². The monoisotopic (exact) mass is 365 g/mol. The number of methoxy groups -OCH3 is 2. The van der Waals surface area contributed by atoms with Crippen molar-refractivity contribution in [3.63, 3.8) is 0 Å². The molecule has 0 saturated heterocycles. The van der Waals surface area contributed by atoms with Gasteiger partial charge in [0.15, 0.2) is 6.61 Å². The van der Waals surface area contributed by atoms with Gasteiger partial charge in [-0.05, 0) is 36.4 Å². The van der Waals surface area contributed by atoms with Gasteiger partial charge < -0.3 is 18.7 Å². The number of rotatable bonds is 6. The Balaban J connectivity index is 1.69. The number of nitrogens with zero attached hydrogens (tertiary/aromatic N) is 3. The molecule has 1 aromatic heterocycles. The molecule has 2 aromatic carbocycles. The summed E-state index contributed by atoms with van der Waals surface area (Å²) in [5, 5.41) is 12.7. The standard InChI is InChI=1S/C19H15N3O5/c1-24-14-7-8-15(16(9-14)25-2)18-21-17(27-22-18)11-26-19(23)13-5-3-12(10-20)4-6-13/h3-9H,11H2,1-2H3. The normalized spacial score (nSPS) is 10.1. The van der Waals surface area contributed by atoms with Crippen LogP contribution < -0.4 is 9.47 Å². The van der Waals surface area contributed by atoms with E-state index in [1.807, 2.05) is 6.07 Å². The van der Waals surface area contributed by atoms with Crippen molar-refractivity contribution in [2.75, 3.05) is 14.2 Å². The lowest BCUT2D eigenvalue weighted by molar-refractivity contribution is 0.0430. The zero-order chi connectivity index (χ0) is 19.2. The molecule has 136 valence electrons. The lowest BCUT2D eigenvalue weighted by Crippen LogP contribution is -2.05. The molecule has 0 saturated carbocycles. The minimum absolute atomic E-state index is 0.143. The number of esters is 1. The maximum atomic E-state index is 12.0. The Kier molecular flexibility index (Phi) is 5.33. The molecule has 0 N–H and O–H groups in total. The SMILES string of the molecule is COc1ccc(-c2noc(COC(=O)c3ccc(C#N)cc3)n2)c(OC)c1. The summed E-state index contributed by atoms with van der Waals surface area (Å²) in [6, 6.07) is 13.3. The van der Waals surface area contributed by atoms with E-state index in [0.717, 1.165) is 0 Å². The Morgan fingerprint density at radius 2 is 1.93 bits per heavy atom. The first kappa shape index (κ1) is 17.9. The largest absolute Gasteiger partial charge is 0.497 e. The molecule has 0 fully saturated rings. The highest BCUT2D eigenvalue weighted by Gasteiger charge is 2.16. The molecular weight excluding hydrogens is 350 g/mol. The molecule has 1 heterocycles. The van der Waals surface area contributed by atoms with E-state index in [9.17, 15) is 4.79 Å². The molecule has 0 atom stereocenters. The van der Waals surface area contributed by atoms with Crippen molar-refractivity contribution in [3.8, 4) is 29.0 Å². The van der Waals surface area contributed by atoms with Crippen LogP contribution in [0.2, 0.25) is 0 Å². The average Bonchev–Trinajstić information content (AvgIpc) is 3.20. The Bertz CT molecular complexity index is 989. The van der Waals surface area contributed by atoms with Crippen LogP contribution >= 0.6 is 0 Å². The first-order valence-electron chi connectivity index (χ1n) is 7.87. The maximum Gasteiger partial charge on any atom is 0.338 e. The van der Waals surface area contributed by atoms with Gasteiger partial charge in [0.2, 0.25) is 5.82 Å². The second kappa shape index (κ2) is 8.01. The Morgan fingerprint density at radius 3 is 2.59 bits per heavy atom.